The van der Waals surface area contributed by atoms with Gasteiger partial charge in [-0.15, -0.1) is 0 Å². The van der Waals surface area contributed by atoms with E-state index in [4.69, 9.17) is 5.73 Å². The second-order valence-electron chi connectivity index (χ2n) is 5.66. The lowest BCUT2D eigenvalue weighted by molar-refractivity contribution is 0.361. The first-order valence-electron chi connectivity index (χ1n) is 7.45. The van der Waals surface area contributed by atoms with E-state index in [-0.39, 0.29) is 11.8 Å². The highest BCUT2D eigenvalue weighted by atomic mass is 32.2. The van der Waals surface area contributed by atoms with Crippen LogP contribution in [0, 0.1) is 11.8 Å². The van der Waals surface area contributed by atoms with Gasteiger partial charge in [0.1, 0.15) is 0 Å². The lowest BCUT2D eigenvalue weighted by Crippen LogP contribution is -2.27. The summed E-state index contributed by atoms with van der Waals surface area (Å²) in [5, 5.41) is 4.55. The van der Waals surface area contributed by atoms with Crippen molar-refractivity contribution in [2.24, 2.45) is 17.6 Å². The maximum Gasteiger partial charge on any atom is 0.150 e. The molecule has 1 aliphatic heterocycles. The molecule has 0 radical (unpaired) electrons. The quantitative estimate of drug-likeness (QED) is 0.850. The summed E-state index contributed by atoms with van der Waals surface area (Å²) in [6, 6.07) is 2.13. The topological polar surface area (TPSA) is 78.0 Å². The van der Waals surface area contributed by atoms with Gasteiger partial charge in [-0.05, 0) is 50.6 Å². The molecule has 0 spiro atoms. The van der Waals surface area contributed by atoms with E-state index in [1.807, 2.05) is 4.68 Å². The second-order valence-corrected chi connectivity index (χ2v) is 7.89. The molecule has 2 N–H and O–H groups in total. The Bertz CT molecular complexity index is 551. The minimum Gasteiger partial charge on any atom is -0.330 e. The number of aryl methyl sites for hydroxylation is 2. The lowest BCUT2D eigenvalue weighted by Gasteiger charge is -2.21. The van der Waals surface area contributed by atoms with Gasteiger partial charge in [0.05, 0.1) is 17.2 Å². The first-order chi connectivity index (χ1) is 9.49. The van der Waals surface area contributed by atoms with E-state index in [1.165, 1.54) is 5.69 Å². The maximum atomic E-state index is 11.6. The molecule has 1 fully saturated rings. The standard InChI is InChI=1S/C14H25N3O2S/c1-3-13-8-14(17(4-2)16-13)7-12(9-15)11-5-6-20(18,19)10-11/h8,11-12H,3-7,9-10,15H2,1-2H3. The van der Waals surface area contributed by atoms with Gasteiger partial charge in [-0.3, -0.25) is 4.68 Å². The molecule has 1 saturated heterocycles. The van der Waals surface area contributed by atoms with Crippen molar-refractivity contribution in [3.63, 3.8) is 0 Å². The summed E-state index contributed by atoms with van der Waals surface area (Å²) in [5.41, 5.74) is 8.17. The van der Waals surface area contributed by atoms with Crippen LogP contribution in [0.25, 0.3) is 0 Å². The fourth-order valence-electron chi connectivity index (χ4n) is 3.03. The number of hydrogen-bond acceptors (Lipinski definition) is 4. The molecule has 2 unspecified atom stereocenters. The Labute approximate surface area is 121 Å². The van der Waals surface area contributed by atoms with Gasteiger partial charge in [-0.2, -0.15) is 5.10 Å². The van der Waals surface area contributed by atoms with E-state index >= 15 is 0 Å². The molecule has 0 amide bonds. The molecule has 0 bridgehead atoms. The lowest BCUT2D eigenvalue weighted by atomic mass is 9.88. The summed E-state index contributed by atoms with van der Waals surface area (Å²) in [6.45, 7) is 5.55. The number of rotatable bonds is 6. The third-order valence-corrected chi connectivity index (χ3v) is 6.08. The number of nitrogens with two attached hydrogens (primary N) is 1. The van der Waals surface area contributed by atoms with Crippen LogP contribution in [0.3, 0.4) is 0 Å². The van der Waals surface area contributed by atoms with E-state index in [1.54, 1.807) is 0 Å². The fraction of sp³-hybridized carbons (Fsp3) is 0.786. The van der Waals surface area contributed by atoms with Crippen LogP contribution in [0.15, 0.2) is 6.07 Å². The van der Waals surface area contributed by atoms with Gasteiger partial charge in [-0.1, -0.05) is 6.92 Å². The second kappa shape index (κ2) is 6.26. The third kappa shape index (κ3) is 3.41. The molecule has 2 heterocycles. The Morgan fingerprint density at radius 3 is 2.75 bits per heavy atom. The molecule has 1 aromatic rings. The highest BCUT2D eigenvalue weighted by Gasteiger charge is 2.33. The van der Waals surface area contributed by atoms with Gasteiger partial charge >= 0.3 is 0 Å². The average molecular weight is 299 g/mol. The molecule has 1 aromatic heterocycles. The van der Waals surface area contributed by atoms with Gasteiger partial charge in [0.2, 0.25) is 0 Å². The van der Waals surface area contributed by atoms with Crippen molar-refractivity contribution < 1.29 is 8.42 Å². The van der Waals surface area contributed by atoms with Crippen LogP contribution in [-0.2, 0) is 29.2 Å². The largest absolute Gasteiger partial charge is 0.330 e. The molecule has 0 aliphatic carbocycles. The van der Waals surface area contributed by atoms with E-state index in [0.717, 1.165) is 31.5 Å². The Balaban J connectivity index is 2.12. The Morgan fingerprint density at radius 1 is 1.50 bits per heavy atom. The molecule has 20 heavy (non-hydrogen) atoms. The van der Waals surface area contributed by atoms with E-state index in [0.29, 0.717) is 18.1 Å². The van der Waals surface area contributed by atoms with Crippen LogP contribution in [-0.4, -0.2) is 36.2 Å². The molecular weight excluding hydrogens is 274 g/mol. The normalized spacial score (nSPS) is 23.1. The van der Waals surface area contributed by atoms with Crippen molar-refractivity contribution in [2.45, 2.75) is 39.7 Å². The van der Waals surface area contributed by atoms with Crippen molar-refractivity contribution in [2.75, 3.05) is 18.1 Å². The van der Waals surface area contributed by atoms with Gasteiger partial charge < -0.3 is 5.73 Å². The summed E-state index contributed by atoms with van der Waals surface area (Å²) in [5.74, 6) is 1.06. The predicted molar refractivity (Wildman–Crippen MR) is 80.3 cm³/mol. The van der Waals surface area contributed by atoms with Crippen molar-refractivity contribution in [1.82, 2.24) is 9.78 Å². The summed E-state index contributed by atoms with van der Waals surface area (Å²) in [7, 11) is -2.84. The van der Waals surface area contributed by atoms with Crippen LogP contribution in [0.2, 0.25) is 0 Å². The monoisotopic (exact) mass is 299 g/mol. The highest BCUT2D eigenvalue weighted by molar-refractivity contribution is 7.91. The van der Waals surface area contributed by atoms with E-state index in [9.17, 15) is 8.42 Å². The fourth-order valence-corrected chi connectivity index (χ4v) is 4.95. The Hall–Kier alpha value is -0.880. The van der Waals surface area contributed by atoms with Crippen LogP contribution >= 0.6 is 0 Å². The number of sulfone groups is 1. The van der Waals surface area contributed by atoms with Crippen molar-refractivity contribution in [1.29, 1.82) is 0 Å². The highest BCUT2D eigenvalue weighted by Crippen LogP contribution is 2.28. The minimum atomic E-state index is -2.84. The molecule has 5 nitrogen and oxygen atoms in total. The zero-order valence-corrected chi connectivity index (χ0v) is 13.2. The molecule has 1 aliphatic rings. The van der Waals surface area contributed by atoms with Gasteiger partial charge in [0, 0.05) is 12.2 Å². The van der Waals surface area contributed by atoms with E-state index in [2.05, 4.69) is 25.0 Å². The predicted octanol–water partition coefficient (Wildman–Crippen LogP) is 1.02. The van der Waals surface area contributed by atoms with Crippen molar-refractivity contribution in [3.05, 3.63) is 17.5 Å². The molecule has 0 aromatic carbocycles. The van der Waals surface area contributed by atoms with Crippen LogP contribution in [0.5, 0.6) is 0 Å². The minimum absolute atomic E-state index is 0.204. The zero-order valence-electron chi connectivity index (χ0n) is 12.4. The SMILES string of the molecule is CCc1cc(CC(CN)C2CCS(=O)(=O)C2)n(CC)n1. The third-order valence-electron chi connectivity index (χ3n) is 4.28. The molecule has 2 atom stereocenters. The van der Waals surface area contributed by atoms with Crippen LogP contribution in [0.4, 0.5) is 0 Å². The molecule has 6 heteroatoms. The smallest absolute Gasteiger partial charge is 0.150 e. The Morgan fingerprint density at radius 2 is 2.25 bits per heavy atom. The summed E-state index contributed by atoms with van der Waals surface area (Å²) in [4.78, 5) is 0. The summed E-state index contributed by atoms with van der Waals surface area (Å²) < 4.78 is 25.3. The average Bonchev–Trinajstić information content (AvgIpc) is 2.98. The maximum absolute atomic E-state index is 11.6. The molecule has 114 valence electrons. The summed E-state index contributed by atoms with van der Waals surface area (Å²) >= 11 is 0. The first-order valence-corrected chi connectivity index (χ1v) is 9.27. The van der Waals surface area contributed by atoms with Crippen LogP contribution < -0.4 is 5.73 Å². The van der Waals surface area contributed by atoms with Crippen molar-refractivity contribution in [3.8, 4) is 0 Å². The summed E-state index contributed by atoms with van der Waals surface area (Å²) in [6.07, 6.45) is 2.51. The molecule has 2 rings (SSSR count). The molecular formula is C14H25N3O2S. The van der Waals surface area contributed by atoms with Crippen molar-refractivity contribution >= 4 is 9.84 Å². The van der Waals surface area contributed by atoms with E-state index < -0.39 is 9.84 Å². The Kier molecular flexibility index (Phi) is 4.86. The van der Waals surface area contributed by atoms with Gasteiger partial charge in [-0.25, -0.2) is 8.42 Å². The number of nitrogens with zero attached hydrogens (tertiary/aromatic N) is 2. The number of hydrogen-bond donors (Lipinski definition) is 1. The number of aromatic nitrogens is 2. The van der Waals surface area contributed by atoms with Gasteiger partial charge in [0.15, 0.2) is 9.84 Å². The van der Waals surface area contributed by atoms with Gasteiger partial charge in [0.25, 0.3) is 0 Å². The first kappa shape index (κ1) is 15.5. The van der Waals surface area contributed by atoms with Crippen LogP contribution in [0.1, 0.15) is 31.7 Å². The molecule has 0 saturated carbocycles. The zero-order chi connectivity index (χ0) is 14.8.